The first-order valence-electron chi connectivity index (χ1n) is 11.0. The predicted molar refractivity (Wildman–Crippen MR) is 126 cm³/mol. The molecular formula is C26H29O6P. The van der Waals surface area contributed by atoms with E-state index >= 15 is 0 Å². The number of hydrogen-bond acceptors (Lipinski definition) is 6. The molecule has 33 heavy (non-hydrogen) atoms. The van der Waals surface area contributed by atoms with Crippen LogP contribution in [-0.2, 0) is 43.1 Å². The highest BCUT2D eigenvalue weighted by molar-refractivity contribution is 7.39. The van der Waals surface area contributed by atoms with Gasteiger partial charge < -0.3 is 23.8 Å². The molecule has 0 saturated carbocycles. The topological polar surface area (TPSA) is 74.2 Å². The summed E-state index contributed by atoms with van der Waals surface area (Å²) >= 11 is 0. The Balaban J connectivity index is 1.46. The second-order valence-corrected chi connectivity index (χ2v) is 9.41. The van der Waals surface area contributed by atoms with Gasteiger partial charge in [-0.3, -0.25) is 4.57 Å². The van der Waals surface area contributed by atoms with Crippen LogP contribution in [0.3, 0.4) is 0 Å². The van der Waals surface area contributed by atoms with Gasteiger partial charge in [0.05, 0.1) is 26.4 Å². The molecule has 174 valence electrons. The summed E-state index contributed by atoms with van der Waals surface area (Å²) in [5, 5.41) is 10.7. The second kappa shape index (κ2) is 12.2. The Morgan fingerprint density at radius 2 is 1.15 bits per heavy atom. The Morgan fingerprint density at radius 3 is 1.67 bits per heavy atom. The van der Waals surface area contributed by atoms with Crippen molar-refractivity contribution in [2.75, 3.05) is 6.61 Å². The minimum Gasteiger partial charge on any atom is -0.380 e. The fourth-order valence-corrected chi connectivity index (χ4v) is 4.92. The van der Waals surface area contributed by atoms with E-state index < -0.39 is 32.2 Å². The predicted octanol–water partition coefficient (Wildman–Crippen LogP) is 4.57. The Hall–Kier alpha value is -2.31. The zero-order valence-corrected chi connectivity index (χ0v) is 19.3. The normalized spacial score (nSPS) is 25.1. The van der Waals surface area contributed by atoms with Crippen molar-refractivity contribution in [2.45, 2.75) is 44.0 Å². The van der Waals surface area contributed by atoms with Crippen molar-refractivity contribution in [3.8, 4) is 0 Å². The molecule has 4 rings (SSSR count). The maximum absolute atomic E-state index is 12.6. The van der Waals surface area contributed by atoms with E-state index in [4.69, 9.17) is 18.7 Å². The van der Waals surface area contributed by atoms with Gasteiger partial charge in [0, 0.05) is 0 Å². The summed E-state index contributed by atoms with van der Waals surface area (Å²) < 4.78 is 36.4. The second-order valence-electron chi connectivity index (χ2n) is 7.94. The van der Waals surface area contributed by atoms with E-state index in [1.165, 1.54) is 0 Å². The highest BCUT2D eigenvalue weighted by Crippen LogP contribution is 2.42. The molecule has 7 heteroatoms. The van der Waals surface area contributed by atoms with Gasteiger partial charge in [0.25, 0.3) is 0 Å². The molecule has 1 saturated heterocycles. The van der Waals surface area contributed by atoms with Gasteiger partial charge in [0.15, 0.2) is 5.85 Å². The third-order valence-corrected chi connectivity index (χ3v) is 6.82. The number of rotatable bonds is 10. The maximum Gasteiger partial charge on any atom is 0.222 e. The van der Waals surface area contributed by atoms with E-state index in [-0.39, 0.29) is 13.2 Å². The third-order valence-electron chi connectivity index (χ3n) is 5.47. The van der Waals surface area contributed by atoms with Gasteiger partial charge in [-0.05, 0) is 16.7 Å². The van der Waals surface area contributed by atoms with Crippen molar-refractivity contribution >= 4 is 8.03 Å². The smallest absolute Gasteiger partial charge is 0.222 e. The van der Waals surface area contributed by atoms with Crippen LogP contribution in [-0.4, -0.2) is 35.9 Å². The third kappa shape index (κ3) is 6.84. The Morgan fingerprint density at radius 1 is 0.697 bits per heavy atom. The van der Waals surface area contributed by atoms with Crippen LogP contribution < -0.4 is 0 Å². The van der Waals surface area contributed by atoms with Crippen molar-refractivity contribution < 1.29 is 28.4 Å². The molecule has 3 aromatic carbocycles. The quantitative estimate of drug-likeness (QED) is 0.440. The molecular weight excluding hydrogens is 439 g/mol. The highest BCUT2D eigenvalue weighted by Gasteiger charge is 2.45. The van der Waals surface area contributed by atoms with E-state index in [2.05, 4.69) is 0 Å². The molecule has 5 unspecified atom stereocenters. The SMILES string of the molecule is O=[PH]1OC(COCc2ccccc2)C(OCc2ccccc2)C(OCc2ccccc2)C1O. The van der Waals surface area contributed by atoms with Crippen LogP contribution in [0.1, 0.15) is 16.7 Å². The zero-order valence-electron chi connectivity index (χ0n) is 18.3. The molecule has 0 bridgehead atoms. The van der Waals surface area contributed by atoms with Crippen LogP contribution >= 0.6 is 8.03 Å². The van der Waals surface area contributed by atoms with Crippen molar-refractivity contribution in [3.05, 3.63) is 108 Å². The number of hydrogen-bond donors (Lipinski definition) is 1. The first-order valence-corrected chi connectivity index (χ1v) is 12.4. The Labute approximate surface area is 194 Å². The molecule has 0 aliphatic carbocycles. The largest absolute Gasteiger partial charge is 0.380 e. The summed E-state index contributed by atoms with van der Waals surface area (Å²) in [4.78, 5) is 0. The molecule has 1 fully saturated rings. The molecule has 0 radical (unpaired) electrons. The fraction of sp³-hybridized carbons (Fsp3) is 0.308. The zero-order chi connectivity index (χ0) is 22.9. The minimum absolute atomic E-state index is 0.169. The van der Waals surface area contributed by atoms with Gasteiger partial charge >= 0.3 is 0 Å². The molecule has 1 N–H and O–H groups in total. The summed E-state index contributed by atoms with van der Waals surface area (Å²) in [7, 11) is -2.76. The number of benzene rings is 3. The van der Waals surface area contributed by atoms with Gasteiger partial charge in [-0.2, -0.15) is 0 Å². The molecule has 0 amide bonds. The molecule has 5 atom stereocenters. The van der Waals surface area contributed by atoms with E-state index in [0.29, 0.717) is 13.2 Å². The molecule has 1 heterocycles. The summed E-state index contributed by atoms with van der Waals surface area (Å²) in [6.45, 7) is 1.14. The van der Waals surface area contributed by atoms with Crippen LogP contribution in [0.5, 0.6) is 0 Å². The van der Waals surface area contributed by atoms with Gasteiger partial charge in [0.2, 0.25) is 8.03 Å². The minimum atomic E-state index is -2.76. The van der Waals surface area contributed by atoms with E-state index in [9.17, 15) is 9.67 Å². The van der Waals surface area contributed by atoms with E-state index in [1.54, 1.807) is 0 Å². The summed E-state index contributed by atoms with van der Waals surface area (Å²) in [6.07, 6.45) is -2.09. The van der Waals surface area contributed by atoms with Crippen LogP contribution in [0.4, 0.5) is 0 Å². The molecule has 0 aromatic heterocycles. The van der Waals surface area contributed by atoms with Gasteiger partial charge in [0.1, 0.15) is 18.3 Å². The maximum atomic E-state index is 12.6. The summed E-state index contributed by atoms with van der Waals surface area (Å²) in [5.74, 6) is -1.26. The van der Waals surface area contributed by atoms with Crippen LogP contribution in [0.2, 0.25) is 0 Å². The van der Waals surface area contributed by atoms with Crippen molar-refractivity contribution in [1.82, 2.24) is 0 Å². The lowest BCUT2D eigenvalue weighted by atomic mass is 10.1. The average Bonchev–Trinajstić information content (AvgIpc) is 2.86. The van der Waals surface area contributed by atoms with Crippen molar-refractivity contribution in [2.24, 2.45) is 0 Å². The molecule has 1 aliphatic rings. The first-order chi connectivity index (χ1) is 16.2. The highest BCUT2D eigenvalue weighted by atomic mass is 31.1. The van der Waals surface area contributed by atoms with Gasteiger partial charge in [-0.25, -0.2) is 0 Å². The molecule has 1 aliphatic heterocycles. The van der Waals surface area contributed by atoms with E-state index in [0.717, 1.165) is 16.7 Å². The number of ether oxygens (including phenoxy) is 3. The number of aliphatic hydroxyl groups excluding tert-OH is 1. The van der Waals surface area contributed by atoms with Crippen LogP contribution in [0, 0.1) is 0 Å². The number of aliphatic hydroxyl groups is 1. The lowest BCUT2D eigenvalue weighted by Crippen LogP contribution is -2.52. The first kappa shape index (κ1) is 23.8. The van der Waals surface area contributed by atoms with Gasteiger partial charge in [-0.15, -0.1) is 0 Å². The molecule has 6 nitrogen and oxygen atoms in total. The van der Waals surface area contributed by atoms with Crippen LogP contribution in [0.15, 0.2) is 91.0 Å². The average molecular weight is 468 g/mol. The molecule has 0 spiro atoms. The van der Waals surface area contributed by atoms with Crippen LogP contribution in [0.25, 0.3) is 0 Å². The van der Waals surface area contributed by atoms with Crippen molar-refractivity contribution in [3.63, 3.8) is 0 Å². The van der Waals surface area contributed by atoms with Crippen molar-refractivity contribution in [1.29, 1.82) is 0 Å². The monoisotopic (exact) mass is 468 g/mol. The fourth-order valence-electron chi connectivity index (χ4n) is 3.73. The lowest BCUT2D eigenvalue weighted by molar-refractivity contribution is -0.172. The van der Waals surface area contributed by atoms with E-state index in [1.807, 2.05) is 91.0 Å². The standard InChI is InChI=1S/C26H29O6P/c27-26-25(31-18-22-14-8-3-9-15-22)24(30-17-21-12-6-2-7-13-21)23(32-33(26)28)19-29-16-20-10-4-1-5-11-20/h1-15,23-27,33H,16-19H2. The Kier molecular flexibility index (Phi) is 8.84. The summed E-state index contributed by atoms with van der Waals surface area (Å²) in [5.41, 5.74) is 2.96. The summed E-state index contributed by atoms with van der Waals surface area (Å²) in [6, 6.07) is 29.2. The Bertz CT molecular complexity index is 985. The van der Waals surface area contributed by atoms with Gasteiger partial charge in [-0.1, -0.05) is 91.0 Å². The molecule has 3 aromatic rings. The lowest BCUT2D eigenvalue weighted by Gasteiger charge is -2.39.